The molecule has 0 aliphatic heterocycles. The molecule has 0 aliphatic rings. The summed E-state index contributed by atoms with van der Waals surface area (Å²) in [4.78, 5) is 0. The van der Waals surface area contributed by atoms with Crippen LogP contribution in [0.3, 0.4) is 0 Å². The van der Waals surface area contributed by atoms with Crippen molar-refractivity contribution in [1.29, 1.82) is 0 Å². The van der Waals surface area contributed by atoms with E-state index in [0.29, 0.717) is 17.0 Å². The Bertz CT molecular complexity index is 525. The molecule has 1 unspecified atom stereocenters. The first kappa shape index (κ1) is 11.6. The lowest BCUT2D eigenvalue weighted by atomic mass is 10.1. The summed E-state index contributed by atoms with van der Waals surface area (Å²) in [5.41, 5.74) is 0.822. The molecule has 1 aromatic heterocycles. The van der Waals surface area contributed by atoms with Gasteiger partial charge < -0.3 is 9.84 Å². The van der Waals surface area contributed by atoms with Gasteiger partial charge in [-0.05, 0) is 24.3 Å². The maximum absolute atomic E-state index is 13.2. The number of aliphatic hydroxyl groups is 1. The predicted octanol–water partition coefficient (Wildman–Crippen LogP) is 1.65. The average Bonchev–Trinajstić information content (AvgIpc) is 2.75. The van der Waals surface area contributed by atoms with Crippen molar-refractivity contribution < 1.29 is 14.2 Å². The van der Waals surface area contributed by atoms with Gasteiger partial charge in [0.15, 0.2) is 0 Å². The minimum Gasteiger partial charge on any atom is -0.496 e. The van der Waals surface area contributed by atoms with Crippen LogP contribution in [0.2, 0.25) is 0 Å². The van der Waals surface area contributed by atoms with Crippen LogP contribution in [-0.2, 0) is 7.05 Å². The van der Waals surface area contributed by atoms with E-state index in [0.717, 1.165) is 0 Å². The van der Waals surface area contributed by atoms with Gasteiger partial charge in [0, 0.05) is 18.8 Å². The number of aryl methyl sites for hydroxylation is 1. The van der Waals surface area contributed by atoms with E-state index in [1.54, 1.807) is 24.0 Å². The first-order valence-electron chi connectivity index (χ1n) is 5.13. The van der Waals surface area contributed by atoms with Gasteiger partial charge in [-0.2, -0.15) is 5.10 Å². The number of nitrogens with zero attached hydrogens (tertiary/aromatic N) is 2. The Morgan fingerprint density at radius 1 is 1.41 bits per heavy atom. The lowest BCUT2D eigenvalue weighted by Crippen LogP contribution is -2.04. The molecule has 1 heterocycles. The molecule has 2 aromatic rings. The third kappa shape index (κ3) is 2.29. The van der Waals surface area contributed by atoms with E-state index < -0.39 is 11.9 Å². The zero-order chi connectivity index (χ0) is 12.4. The topological polar surface area (TPSA) is 47.3 Å². The maximum atomic E-state index is 13.2. The summed E-state index contributed by atoms with van der Waals surface area (Å²) >= 11 is 0. The van der Waals surface area contributed by atoms with Crippen molar-refractivity contribution in [3.05, 3.63) is 47.5 Å². The van der Waals surface area contributed by atoms with Gasteiger partial charge in [-0.3, -0.25) is 4.68 Å². The zero-order valence-electron chi connectivity index (χ0n) is 9.59. The highest BCUT2D eigenvalue weighted by atomic mass is 19.1. The van der Waals surface area contributed by atoms with Gasteiger partial charge in [0.05, 0.1) is 12.8 Å². The highest BCUT2D eigenvalue weighted by Gasteiger charge is 2.18. The molecule has 0 bridgehead atoms. The summed E-state index contributed by atoms with van der Waals surface area (Å²) in [6, 6.07) is 5.69. The summed E-state index contributed by atoms with van der Waals surface area (Å²) in [5, 5.41) is 14.2. The van der Waals surface area contributed by atoms with Crippen molar-refractivity contribution >= 4 is 0 Å². The van der Waals surface area contributed by atoms with Gasteiger partial charge in [-0.1, -0.05) is 0 Å². The molecular formula is C12H13FN2O2. The second-order valence-electron chi connectivity index (χ2n) is 3.70. The van der Waals surface area contributed by atoms with Crippen LogP contribution in [0.4, 0.5) is 4.39 Å². The molecule has 5 heteroatoms. The quantitative estimate of drug-likeness (QED) is 0.881. The Balaban J connectivity index is 2.42. The molecule has 2 rings (SSSR count). The molecule has 0 aliphatic carbocycles. The number of aromatic nitrogens is 2. The van der Waals surface area contributed by atoms with E-state index >= 15 is 0 Å². The highest BCUT2D eigenvalue weighted by Crippen LogP contribution is 2.29. The van der Waals surface area contributed by atoms with Gasteiger partial charge in [0.1, 0.15) is 17.7 Å². The number of hydrogen-bond donors (Lipinski definition) is 1. The predicted molar refractivity (Wildman–Crippen MR) is 60.2 cm³/mol. The number of methoxy groups -OCH3 is 1. The number of aliphatic hydroxyl groups excluding tert-OH is 1. The van der Waals surface area contributed by atoms with E-state index in [1.165, 1.54) is 25.3 Å². The van der Waals surface area contributed by atoms with Crippen molar-refractivity contribution in [2.45, 2.75) is 6.10 Å². The molecule has 0 saturated carbocycles. The van der Waals surface area contributed by atoms with Crippen LogP contribution in [-0.4, -0.2) is 22.0 Å². The van der Waals surface area contributed by atoms with Crippen LogP contribution in [0.25, 0.3) is 0 Å². The Morgan fingerprint density at radius 3 is 2.76 bits per heavy atom. The molecule has 0 spiro atoms. The summed E-state index contributed by atoms with van der Waals surface area (Å²) in [7, 11) is 3.22. The molecule has 1 N–H and O–H groups in total. The summed E-state index contributed by atoms with van der Waals surface area (Å²) < 4.78 is 19.8. The highest BCUT2D eigenvalue weighted by molar-refractivity contribution is 5.38. The largest absolute Gasteiger partial charge is 0.496 e. The molecule has 0 amide bonds. The van der Waals surface area contributed by atoms with Crippen LogP contribution in [0.1, 0.15) is 17.4 Å². The van der Waals surface area contributed by atoms with Crippen LogP contribution < -0.4 is 4.74 Å². The number of halogens is 1. The fraction of sp³-hybridized carbons (Fsp3) is 0.250. The lowest BCUT2D eigenvalue weighted by molar-refractivity contribution is 0.208. The molecule has 0 fully saturated rings. The fourth-order valence-corrected chi connectivity index (χ4v) is 1.66. The van der Waals surface area contributed by atoms with Crippen molar-refractivity contribution in [3.63, 3.8) is 0 Å². The van der Waals surface area contributed by atoms with Crippen molar-refractivity contribution in [2.24, 2.45) is 7.05 Å². The van der Waals surface area contributed by atoms with Gasteiger partial charge in [0.2, 0.25) is 0 Å². The zero-order valence-corrected chi connectivity index (χ0v) is 9.59. The van der Waals surface area contributed by atoms with E-state index in [4.69, 9.17) is 4.74 Å². The SMILES string of the molecule is COc1ccc(F)cc1C(O)c1ccn(C)n1. The van der Waals surface area contributed by atoms with Crippen LogP contribution >= 0.6 is 0 Å². The lowest BCUT2D eigenvalue weighted by Gasteiger charge is -2.12. The Labute approximate surface area is 98.3 Å². The first-order valence-corrected chi connectivity index (χ1v) is 5.13. The summed E-state index contributed by atoms with van der Waals surface area (Å²) in [6.45, 7) is 0. The van der Waals surface area contributed by atoms with Gasteiger partial charge in [-0.15, -0.1) is 0 Å². The van der Waals surface area contributed by atoms with E-state index in [9.17, 15) is 9.50 Å². The standard InChI is InChI=1S/C12H13FN2O2/c1-15-6-5-10(14-15)12(16)9-7-8(13)3-4-11(9)17-2/h3-7,12,16H,1-2H3. The summed E-state index contributed by atoms with van der Waals surface area (Å²) in [5.74, 6) is 0.0142. The van der Waals surface area contributed by atoms with Crippen LogP contribution in [0.15, 0.2) is 30.5 Å². The minimum atomic E-state index is -0.998. The third-order valence-electron chi connectivity index (χ3n) is 2.50. The Morgan fingerprint density at radius 2 is 2.18 bits per heavy atom. The Hall–Kier alpha value is -1.88. The van der Waals surface area contributed by atoms with Crippen LogP contribution in [0, 0.1) is 5.82 Å². The number of ether oxygens (including phenoxy) is 1. The number of hydrogen-bond acceptors (Lipinski definition) is 3. The van der Waals surface area contributed by atoms with Crippen molar-refractivity contribution in [2.75, 3.05) is 7.11 Å². The second-order valence-corrected chi connectivity index (χ2v) is 3.70. The molecular weight excluding hydrogens is 223 g/mol. The molecule has 4 nitrogen and oxygen atoms in total. The molecule has 0 saturated heterocycles. The van der Waals surface area contributed by atoms with Gasteiger partial charge >= 0.3 is 0 Å². The Kier molecular flexibility index (Phi) is 3.10. The summed E-state index contributed by atoms with van der Waals surface area (Å²) in [6.07, 6.45) is 0.714. The number of benzene rings is 1. The molecule has 17 heavy (non-hydrogen) atoms. The second kappa shape index (κ2) is 4.55. The van der Waals surface area contributed by atoms with Crippen molar-refractivity contribution in [3.8, 4) is 5.75 Å². The van der Waals surface area contributed by atoms with Crippen LogP contribution in [0.5, 0.6) is 5.75 Å². The monoisotopic (exact) mass is 236 g/mol. The molecule has 1 atom stereocenters. The molecule has 1 aromatic carbocycles. The van der Waals surface area contributed by atoms with E-state index in [1.807, 2.05) is 0 Å². The van der Waals surface area contributed by atoms with Gasteiger partial charge in [0.25, 0.3) is 0 Å². The van der Waals surface area contributed by atoms with E-state index in [-0.39, 0.29) is 0 Å². The fourth-order valence-electron chi connectivity index (χ4n) is 1.66. The molecule has 90 valence electrons. The smallest absolute Gasteiger partial charge is 0.126 e. The van der Waals surface area contributed by atoms with Gasteiger partial charge in [-0.25, -0.2) is 4.39 Å². The third-order valence-corrected chi connectivity index (χ3v) is 2.50. The first-order chi connectivity index (χ1) is 8.11. The number of rotatable bonds is 3. The van der Waals surface area contributed by atoms with Crippen molar-refractivity contribution in [1.82, 2.24) is 9.78 Å². The molecule has 0 radical (unpaired) electrons. The normalized spacial score (nSPS) is 12.5. The van der Waals surface area contributed by atoms with E-state index in [2.05, 4.69) is 5.10 Å². The minimum absolute atomic E-state index is 0.367. The average molecular weight is 236 g/mol. The maximum Gasteiger partial charge on any atom is 0.126 e.